The Morgan fingerprint density at radius 3 is 1.95 bits per heavy atom. The monoisotopic (exact) mass is 554 g/mol. The molecule has 5 unspecified atom stereocenters. The standard InChI is InChI=1S/C32H39ClO6/c1-8-22(38-31(34)17(3)4)15-36-29-24-11-10-21(33)14-26(24)30(27-20-12-19(7)25(13-20)28(27)29)37-16-23(9-2)39-32(35)18(5)6/h10-11,14,19-20,22-23,25H,3,5,8-9,12-13,15-16H2,1-2,4,6-7H3. The van der Waals surface area contributed by atoms with E-state index in [2.05, 4.69) is 20.1 Å². The van der Waals surface area contributed by atoms with Gasteiger partial charge in [0.15, 0.2) is 0 Å². The van der Waals surface area contributed by atoms with Crippen LogP contribution in [0, 0.1) is 5.92 Å². The molecule has 0 aromatic heterocycles. The SMILES string of the molecule is C=C(C)C(=O)OC(CC)COc1c2c(c(OCC(CC)OC(=O)C(=C)C)c3ccc(Cl)cc13)C1CC2CC1C. The molecule has 2 aromatic rings. The summed E-state index contributed by atoms with van der Waals surface area (Å²) in [4.78, 5) is 24.3. The molecule has 0 radical (unpaired) electrons. The number of hydrogen-bond acceptors (Lipinski definition) is 6. The Morgan fingerprint density at radius 2 is 1.44 bits per heavy atom. The predicted octanol–water partition coefficient (Wildman–Crippen LogP) is 7.66. The molecule has 0 saturated heterocycles. The Morgan fingerprint density at radius 1 is 0.897 bits per heavy atom. The highest BCUT2D eigenvalue weighted by Crippen LogP contribution is 2.63. The Bertz CT molecular complexity index is 1300. The van der Waals surface area contributed by atoms with Crippen LogP contribution in [-0.2, 0) is 19.1 Å². The summed E-state index contributed by atoms with van der Waals surface area (Å²) in [6.45, 7) is 17.3. The molecular weight excluding hydrogens is 516 g/mol. The van der Waals surface area contributed by atoms with Crippen LogP contribution in [0.4, 0.5) is 0 Å². The summed E-state index contributed by atoms with van der Waals surface area (Å²) in [5.74, 6) is 1.99. The molecule has 2 aliphatic rings. The number of halogens is 1. The maximum atomic E-state index is 12.2. The van der Waals surface area contributed by atoms with Gasteiger partial charge in [0.05, 0.1) is 0 Å². The number of fused-ring (bicyclic) bond motifs is 6. The molecule has 2 bridgehead atoms. The molecule has 0 aliphatic heterocycles. The molecule has 39 heavy (non-hydrogen) atoms. The van der Waals surface area contributed by atoms with Crippen molar-refractivity contribution in [2.45, 2.75) is 84.3 Å². The maximum Gasteiger partial charge on any atom is 0.333 e. The molecule has 2 aromatic carbocycles. The highest BCUT2D eigenvalue weighted by Gasteiger charge is 2.46. The number of hydrogen-bond donors (Lipinski definition) is 0. The lowest BCUT2D eigenvalue weighted by atomic mass is 9.82. The number of esters is 2. The van der Waals surface area contributed by atoms with Crippen LogP contribution in [0.5, 0.6) is 11.5 Å². The second-order valence-corrected chi connectivity index (χ2v) is 11.4. The summed E-state index contributed by atoms with van der Waals surface area (Å²) in [6, 6.07) is 5.73. The van der Waals surface area contributed by atoms with Crippen molar-refractivity contribution in [2.75, 3.05) is 13.2 Å². The molecule has 0 spiro atoms. The van der Waals surface area contributed by atoms with Crippen LogP contribution in [-0.4, -0.2) is 37.4 Å². The molecule has 1 fully saturated rings. The first-order chi connectivity index (χ1) is 18.5. The van der Waals surface area contributed by atoms with E-state index in [-0.39, 0.29) is 13.2 Å². The van der Waals surface area contributed by atoms with Gasteiger partial charge in [-0.1, -0.05) is 45.5 Å². The smallest absolute Gasteiger partial charge is 0.333 e. The summed E-state index contributed by atoms with van der Waals surface area (Å²) in [5.41, 5.74) is 3.06. The summed E-state index contributed by atoms with van der Waals surface area (Å²) >= 11 is 6.49. The number of carbonyl (C=O) groups excluding carboxylic acids is 2. The molecule has 6 nitrogen and oxygen atoms in total. The zero-order valence-corrected chi connectivity index (χ0v) is 24.4. The molecule has 2 aliphatic carbocycles. The van der Waals surface area contributed by atoms with Gasteiger partial charge in [-0.3, -0.25) is 0 Å². The molecule has 210 valence electrons. The molecular formula is C32H39ClO6. The van der Waals surface area contributed by atoms with Gasteiger partial charge in [0.25, 0.3) is 0 Å². The minimum absolute atomic E-state index is 0.228. The molecule has 0 heterocycles. The lowest BCUT2D eigenvalue weighted by molar-refractivity contribution is -0.146. The van der Waals surface area contributed by atoms with Gasteiger partial charge in [-0.15, -0.1) is 0 Å². The van der Waals surface area contributed by atoms with Gasteiger partial charge in [0, 0.05) is 38.1 Å². The first-order valence-corrected chi connectivity index (χ1v) is 14.2. The molecule has 0 N–H and O–H groups in total. The van der Waals surface area contributed by atoms with Crippen LogP contribution in [0.15, 0.2) is 42.5 Å². The van der Waals surface area contributed by atoms with Crippen molar-refractivity contribution >= 4 is 34.3 Å². The Balaban J connectivity index is 1.74. The summed E-state index contributed by atoms with van der Waals surface area (Å²) in [5, 5.41) is 2.36. The van der Waals surface area contributed by atoms with Gasteiger partial charge in [-0.25, -0.2) is 9.59 Å². The lowest BCUT2D eigenvalue weighted by Gasteiger charge is -2.29. The van der Waals surface area contributed by atoms with Crippen molar-refractivity contribution in [2.24, 2.45) is 5.92 Å². The van der Waals surface area contributed by atoms with Crippen LogP contribution in [0.3, 0.4) is 0 Å². The summed E-state index contributed by atoms with van der Waals surface area (Å²) < 4.78 is 24.3. The van der Waals surface area contributed by atoms with Crippen molar-refractivity contribution in [3.63, 3.8) is 0 Å². The molecule has 7 heteroatoms. The Labute approximate surface area is 236 Å². The lowest BCUT2D eigenvalue weighted by Crippen LogP contribution is -2.26. The fourth-order valence-electron chi connectivity index (χ4n) is 5.73. The van der Waals surface area contributed by atoms with E-state index in [1.165, 1.54) is 5.56 Å². The summed E-state index contributed by atoms with van der Waals surface area (Å²) in [6.07, 6.45) is 2.56. The van der Waals surface area contributed by atoms with E-state index < -0.39 is 24.1 Å². The second kappa shape index (κ2) is 12.0. The maximum absolute atomic E-state index is 12.2. The Hall–Kier alpha value is -2.99. The fourth-order valence-corrected chi connectivity index (χ4v) is 5.91. The third-order valence-corrected chi connectivity index (χ3v) is 8.13. The van der Waals surface area contributed by atoms with Crippen LogP contribution in [0.25, 0.3) is 10.8 Å². The van der Waals surface area contributed by atoms with E-state index in [1.54, 1.807) is 13.8 Å². The Kier molecular flexibility index (Phi) is 8.95. The van der Waals surface area contributed by atoms with E-state index in [1.807, 2.05) is 32.0 Å². The third kappa shape index (κ3) is 5.96. The largest absolute Gasteiger partial charge is 0.489 e. The molecule has 1 saturated carbocycles. The third-order valence-electron chi connectivity index (χ3n) is 7.89. The zero-order chi connectivity index (χ0) is 28.4. The van der Waals surface area contributed by atoms with Crippen molar-refractivity contribution in [3.05, 3.63) is 58.7 Å². The zero-order valence-electron chi connectivity index (χ0n) is 23.6. The van der Waals surface area contributed by atoms with Gasteiger partial charge >= 0.3 is 11.9 Å². The quantitative estimate of drug-likeness (QED) is 0.198. The van der Waals surface area contributed by atoms with E-state index in [0.717, 1.165) is 40.7 Å². The minimum Gasteiger partial charge on any atom is -0.489 e. The molecule has 0 amide bonds. The van der Waals surface area contributed by atoms with Gasteiger partial charge in [0.1, 0.15) is 36.9 Å². The normalized spacial score (nSPS) is 20.7. The number of rotatable bonds is 12. The predicted molar refractivity (Wildman–Crippen MR) is 154 cm³/mol. The van der Waals surface area contributed by atoms with E-state index in [9.17, 15) is 9.59 Å². The fraction of sp³-hybridized carbons (Fsp3) is 0.500. The number of ether oxygens (including phenoxy) is 4. The average Bonchev–Trinajstić information content (AvgIpc) is 3.46. The van der Waals surface area contributed by atoms with Crippen molar-refractivity contribution in [1.29, 1.82) is 0 Å². The van der Waals surface area contributed by atoms with E-state index in [0.29, 0.717) is 46.8 Å². The molecule has 5 atom stereocenters. The van der Waals surface area contributed by atoms with Crippen LogP contribution >= 0.6 is 11.6 Å². The second-order valence-electron chi connectivity index (χ2n) is 11.0. The first-order valence-electron chi connectivity index (χ1n) is 13.8. The van der Waals surface area contributed by atoms with Crippen molar-refractivity contribution in [3.8, 4) is 11.5 Å². The topological polar surface area (TPSA) is 71.1 Å². The van der Waals surface area contributed by atoms with Crippen LogP contribution < -0.4 is 9.47 Å². The van der Waals surface area contributed by atoms with Crippen LogP contribution in [0.2, 0.25) is 5.02 Å². The van der Waals surface area contributed by atoms with Gasteiger partial charge in [-0.05, 0) is 75.5 Å². The van der Waals surface area contributed by atoms with Gasteiger partial charge in [-0.2, -0.15) is 0 Å². The minimum atomic E-state index is -0.418. The van der Waals surface area contributed by atoms with Crippen molar-refractivity contribution in [1.82, 2.24) is 0 Å². The highest BCUT2D eigenvalue weighted by molar-refractivity contribution is 6.31. The van der Waals surface area contributed by atoms with Gasteiger partial charge < -0.3 is 18.9 Å². The van der Waals surface area contributed by atoms with E-state index >= 15 is 0 Å². The molecule has 4 rings (SSSR count). The number of carbonyl (C=O) groups is 2. The van der Waals surface area contributed by atoms with Crippen molar-refractivity contribution < 1.29 is 28.5 Å². The van der Waals surface area contributed by atoms with Gasteiger partial charge in [0.2, 0.25) is 0 Å². The average molecular weight is 555 g/mol. The highest BCUT2D eigenvalue weighted by atomic mass is 35.5. The van der Waals surface area contributed by atoms with E-state index in [4.69, 9.17) is 30.5 Å². The van der Waals surface area contributed by atoms with Crippen LogP contribution in [0.1, 0.15) is 83.3 Å². The first kappa shape index (κ1) is 29.0. The number of benzene rings is 2. The summed E-state index contributed by atoms with van der Waals surface area (Å²) in [7, 11) is 0.